The Morgan fingerprint density at radius 3 is 2.64 bits per heavy atom. The minimum Gasteiger partial charge on any atom is -0.350 e. The van der Waals surface area contributed by atoms with E-state index in [1.807, 2.05) is 24.3 Å². The maximum absolute atomic E-state index is 13.5. The first-order valence-corrected chi connectivity index (χ1v) is 9.24. The molecule has 1 aromatic heterocycles. The van der Waals surface area contributed by atoms with Gasteiger partial charge >= 0.3 is 11.1 Å². The molecule has 28 heavy (non-hydrogen) atoms. The average molecular weight is 446 g/mol. The van der Waals surface area contributed by atoms with E-state index in [1.54, 1.807) is 6.92 Å². The van der Waals surface area contributed by atoms with Crippen LogP contribution in [0.1, 0.15) is 11.1 Å². The fraction of sp³-hybridized carbons (Fsp3) is 0.150. The molecule has 3 aromatic rings. The lowest BCUT2D eigenvalue weighted by Crippen LogP contribution is -2.42. The van der Waals surface area contributed by atoms with Gasteiger partial charge in [0.2, 0.25) is 5.91 Å². The van der Waals surface area contributed by atoms with Gasteiger partial charge in [0.1, 0.15) is 12.4 Å². The highest BCUT2D eigenvalue weighted by molar-refractivity contribution is 9.10. The molecule has 1 heterocycles. The van der Waals surface area contributed by atoms with Gasteiger partial charge in [-0.05, 0) is 42.3 Å². The van der Waals surface area contributed by atoms with Gasteiger partial charge in [0.25, 0.3) is 0 Å². The smallest absolute Gasteiger partial charge is 0.320 e. The Balaban J connectivity index is 1.77. The van der Waals surface area contributed by atoms with E-state index in [9.17, 15) is 18.8 Å². The SMILES string of the molecule is Cc1ccc(F)cc1-n1ccn(CC(=O)NCc2cccc(Br)c2)c(=O)c1=O. The number of nitrogens with one attached hydrogen (secondary N) is 1. The maximum Gasteiger partial charge on any atom is 0.320 e. The third-order valence-corrected chi connectivity index (χ3v) is 4.67. The van der Waals surface area contributed by atoms with E-state index in [-0.39, 0.29) is 12.2 Å². The summed E-state index contributed by atoms with van der Waals surface area (Å²) in [5, 5.41) is 2.71. The van der Waals surface area contributed by atoms with Crippen molar-refractivity contribution in [1.82, 2.24) is 14.5 Å². The van der Waals surface area contributed by atoms with Gasteiger partial charge in [0.15, 0.2) is 0 Å². The number of carbonyl (C=O) groups excluding carboxylic acids is 1. The first-order valence-electron chi connectivity index (χ1n) is 8.45. The van der Waals surface area contributed by atoms with Crippen molar-refractivity contribution < 1.29 is 9.18 Å². The van der Waals surface area contributed by atoms with E-state index in [0.29, 0.717) is 12.1 Å². The molecule has 0 aliphatic carbocycles. The van der Waals surface area contributed by atoms with Crippen molar-refractivity contribution in [2.24, 2.45) is 0 Å². The molecule has 1 N–H and O–H groups in total. The quantitative estimate of drug-likeness (QED) is 0.613. The van der Waals surface area contributed by atoms with E-state index in [1.165, 1.54) is 30.6 Å². The van der Waals surface area contributed by atoms with Gasteiger partial charge < -0.3 is 5.32 Å². The molecule has 0 aliphatic rings. The molecule has 0 fully saturated rings. The summed E-state index contributed by atoms with van der Waals surface area (Å²) in [6.45, 7) is 1.72. The second-order valence-corrected chi connectivity index (χ2v) is 7.16. The van der Waals surface area contributed by atoms with Gasteiger partial charge in [0.05, 0.1) is 5.69 Å². The van der Waals surface area contributed by atoms with E-state index in [4.69, 9.17) is 0 Å². The Hall–Kier alpha value is -3.00. The molecule has 0 atom stereocenters. The second-order valence-electron chi connectivity index (χ2n) is 6.24. The molecule has 0 unspecified atom stereocenters. The van der Waals surface area contributed by atoms with Gasteiger partial charge in [-0.25, -0.2) is 4.39 Å². The van der Waals surface area contributed by atoms with E-state index >= 15 is 0 Å². The van der Waals surface area contributed by atoms with Crippen LogP contribution in [0.4, 0.5) is 4.39 Å². The number of carbonyl (C=O) groups is 1. The number of hydrogen-bond donors (Lipinski definition) is 1. The Labute approximate surface area is 168 Å². The monoisotopic (exact) mass is 445 g/mol. The molecule has 1 amide bonds. The number of aryl methyl sites for hydroxylation is 1. The Kier molecular flexibility index (Phi) is 5.89. The number of hydrogen-bond acceptors (Lipinski definition) is 3. The lowest BCUT2D eigenvalue weighted by molar-refractivity contribution is -0.121. The molecule has 0 aliphatic heterocycles. The minimum atomic E-state index is -0.858. The summed E-state index contributed by atoms with van der Waals surface area (Å²) < 4.78 is 16.5. The highest BCUT2D eigenvalue weighted by Gasteiger charge is 2.12. The van der Waals surface area contributed by atoms with Crippen LogP contribution in [0.25, 0.3) is 5.69 Å². The normalized spacial score (nSPS) is 10.7. The molecule has 3 rings (SSSR count). The van der Waals surface area contributed by atoms with Crippen molar-refractivity contribution in [2.75, 3.05) is 0 Å². The summed E-state index contributed by atoms with van der Waals surface area (Å²) in [6.07, 6.45) is 2.69. The lowest BCUT2D eigenvalue weighted by Gasteiger charge is -2.11. The van der Waals surface area contributed by atoms with Crippen molar-refractivity contribution in [3.63, 3.8) is 0 Å². The molecule has 2 aromatic carbocycles. The fourth-order valence-electron chi connectivity index (χ4n) is 2.72. The molecule has 8 heteroatoms. The number of aromatic nitrogens is 2. The van der Waals surface area contributed by atoms with Crippen LogP contribution in [0.5, 0.6) is 0 Å². The summed E-state index contributed by atoms with van der Waals surface area (Å²) in [6, 6.07) is 11.4. The molecule has 0 saturated carbocycles. The molecular weight excluding hydrogens is 429 g/mol. The van der Waals surface area contributed by atoms with Gasteiger partial charge in [-0.1, -0.05) is 34.1 Å². The summed E-state index contributed by atoms with van der Waals surface area (Å²) in [4.78, 5) is 36.9. The third-order valence-electron chi connectivity index (χ3n) is 4.18. The van der Waals surface area contributed by atoms with Crippen LogP contribution in [-0.2, 0) is 17.9 Å². The van der Waals surface area contributed by atoms with Crippen LogP contribution >= 0.6 is 15.9 Å². The molecule has 0 spiro atoms. The van der Waals surface area contributed by atoms with Gasteiger partial charge in [-0.3, -0.25) is 23.5 Å². The van der Waals surface area contributed by atoms with Crippen LogP contribution in [-0.4, -0.2) is 15.0 Å². The molecule has 0 saturated heterocycles. The van der Waals surface area contributed by atoms with Gasteiger partial charge in [-0.2, -0.15) is 0 Å². The van der Waals surface area contributed by atoms with Crippen molar-refractivity contribution in [3.8, 4) is 5.69 Å². The molecule has 0 bridgehead atoms. The van der Waals surface area contributed by atoms with Crippen molar-refractivity contribution in [3.05, 3.63) is 97.0 Å². The van der Waals surface area contributed by atoms with Crippen molar-refractivity contribution >= 4 is 21.8 Å². The molecule has 144 valence electrons. The Morgan fingerprint density at radius 1 is 1.11 bits per heavy atom. The maximum atomic E-state index is 13.5. The molecule has 0 radical (unpaired) electrons. The number of amides is 1. The highest BCUT2D eigenvalue weighted by atomic mass is 79.9. The molecular formula is C20H17BrFN3O3. The lowest BCUT2D eigenvalue weighted by atomic mass is 10.2. The molecule has 6 nitrogen and oxygen atoms in total. The van der Waals surface area contributed by atoms with Crippen LogP contribution in [0.3, 0.4) is 0 Å². The van der Waals surface area contributed by atoms with E-state index in [0.717, 1.165) is 19.2 Å². The summed E-state index contributed by atoms with van der Waals surface area (Å²) in [5.74, 6) is -0.912. The fourth-order valence-corrected chi connectivity index (χ4v) is 3.17. The van der Waals surface area contributed by atoms with Crippen molar-refractivity contribution in [1.29, 1.82) is 0 Å². The van der Waals surface area contributed by atoms with Crippen LogP contribution in [0, 0.1) is 12.7 Å². The summed E-state index contributed by atoms with van der Waals surface area (Å²) in [5.41, 5.74) is 0.118. The van der Waals surface area contributed by atoms with Crippen LogP contribution in [0.15, 0.2) is 68.9 Å². The number of nitrogens with zero attached hydrogens (tertiary/aromatic N) is 2. The predicted molar refractivity (Wildman–Crippen MR) is 107 cm³/mol. The largest absolute Gasteiger partial charge is 0.350 e. The van der Waals surface area contributed by atoms with Gasteiger partial charge in [-0.15, -0.1) is 0 Å². The topological polar surface area (TPSA) is 73.1 Å². The number of halogens is 2. The van der Waals surface area contributed by atoms with Crippen molar-refractivity contribution in [2.45, 2.75) is 20.0 Å². The standard InChI is InChI=1S/C20H17BrFN3O3/c1-13-5-6-16(22)10-17(13)25-8-7-24(19(27)20(25)28)12-18(26)23-11-14-3-2-4-15(21)9-14/h2-10H,11-12H2,1H3,(H,23,26). The predicted octanol–water partition coefficient (Wildman–Crippen LogP) is 2.53. The zero-order chi connectivity index (χ0) is 20.3. The van der Waals surface area contributed by atoms with Crippen LogP contribution < -0.4 is 16.4 Å². The second kappa shape index (κ2) is 8.35. The highest BCUT2D eigenvalue weighted by Crippen LogP contribution is 2.13. The number of rotatable bonds is 5. The Bertz CT molecular complexity index is 1150. The summed E-state index contributed by atoms with van der Waals surface area (Å²) >= 11 is 3.36. The first kappa shape index (κ1) is 19.8. The zero-order valence-electron chi connectivity index (χ0n) is 15.0. The Morgan fingerprint density at radius 2 is 1.89 bits per heavy atom. The zero-order valence-corrected chi connectivity index (χ0v) is 16.6. The number of benzene rings is 2. The average Bonchev–Trinajstić information content (AvgIpc) is 2.66. The van der Waals surface area contributed by atoms with E-state index < -0.39 is 22.8 Å². The van der Waals surface area contributed by atoms with E-state index in [2.05, 4.69) is 21.2 Å². The minimum absolute atomic E-state index is 0.286. The third kappa shape index (κ3) is 4.45. The first-order chi connectivity index (χ1) is 13.3. The van der Waals surface area contributed by atoms with Gasteiger partial charge in [0, 0.05) is 23.4 Å². The summed E-state index contributed by atoms with van der Waals surface area (Å²) in [7, 11) is 0. The van der Waals surface area contributed by atoms with Crippen LogP contribution in [0.2, 0.25) is 0 Å².